The molecule has 148 valence electrons. The van der Waals surface area contributed by atoms with Gasteiger partial charge < -0.3 is 20.1 Å². The zero-order chi connectivity index (χ0) is 20.1. The number of hydrogen-bond acceptors (Lipinski definition) is 4. The number of hydrogen-bond donors (Lipinski definition) is 2. The van der Waals surface area contributed by atoms with E-state index in [1.54, 1.807) is 12.1 Å². The third-order valence-corrected chi connectivity index (χ3v) is 4.60. The van der Waals surface area contributed by atoms with Gasteiger partial charge in [0.25, 0.3) is 5.91 Å². The number of fused-ring (bicyclic) bond motifs is 1. The van der Waals surface area contributed by atoms with E-state index in [0.717, 1.165) is 11.1 Å². The van der Waals surface area contributed by atoms with E-state index in [-0.39, 0.29) is 30.3 Å². The van der Waals surface area contributed by atoms with Gasteiger partial charge in [-0.3, -0.25) is 9.59 Å². The molecule has 0 saturated carbocycles. The Bertz CT molecular complexity index is 863. The van der Waals surface area contributed by atoms with Gasteiger partial charge in [0.05, 0.1) is 12.6 Å². The van der Waals surface area contributed by atoms with Crippen molar-refractivity contribution < 1.29 is 19.1 Å². The molecule has 2 aromatic rings. The highest BCUT2D eigenvalue weighted by Crippen LogP contribution is 2.34. The highest BCUT2D eigenvalue weighted by atomic mass is 16.6. The van der Waals surface area contributed by atoms with E-state index >= 15 is 0 Å². The Morgan fingerprint density at radius 2 is 1.79 bits per heavy atom. The number of amides is 2. The van der Waals surface area contributed by atoms with Crippen molar-refractivity contribution in [3.05, 3.63) is 59.2 Å². The van der Waals surface area contributed by atoms with E-state index in [1.807, 2.05) is 51.1 Å². The molecule has 28 heavy (non-hydrogen) atoms. The van der Waals surface area contributed by atoms with Crippen LogP contribution in [0.2, 0.25) is 0 Å². The van der Waals surface area contributed by atoms with Gasteiger partial charge in [-0.2, -0.15) is 0 Å². The average Bonchev–Trinajstić information content (AvgIpc) is 2.69. The summed E-state index contributed by atoms with van der Waals surface area (Å²) in [4.78, 5) is 24.7. The first-order valence-electron chi connectivity index (χ1n) is 9.48. The van der Waals surface area contributed by atoms with E-state index in [9.17, 15) is 9.59 Å². The summed E-state index contributed by atoms with van der Waals surface area (Å²) in [5.74, 6) is 1.07. The summed E-state index contributed by atoms with van der Waals surface area (Å²) in [6, 6.07) is 12.8. The van der Waals surface area contributed by atoms with Crippen molar-refractivity contribution in [3.63, 3.8) is 0 Å². The van der Waals surface area contributed by atoms with Gasteiger partial charge in [0, 0.05) is 5.56 Å². The fraction of sp³-hybridized carbons (Fsp3) is 0.364. The topological polar surface area (TPSA) is 76.7 Å². The number of benzene rings is 2. The van der Waals surface area contributed by atoms with Crippen LogP contribution in [0, 0.1) is 12.8 Å². The molecule has 3 rings (SSSR count). The van der Waals surface area contributed by atoms with Gasteiger partial charge in [0.2, 0.25) is 5.91 Å². The van der Waals surface area contributed by atoms with E-state index in [2.05, 4.69) is 10.6 Å². The normalized spacial score (nSPS) is 13.7. The molecule has 6 heteroatoms. The van der Waals surface area contributed by atoms with Crippen molar-refractivity contribution in [2.75, 3.05) is 19.8 Å². The van der Waals surface area contributed by atoms with Crippen LogP contribution in [0.5, 0.6) is 11.5 Å². The molecule has 1 aliphatic rings. The van der Waals surface area contributed by atoms with Crippen molar-refractivity contribution >= 4 is 11.8 Å². The van der Waals surface area contributed by atoms with Crippen molar-refractivity contribution in [2.24, 2.45) is 5.92 Å². The maximum absolute atomic E-state index is 12.4. The predicted molar refractivity (Wildman–Crippen MR) is 107 cm³/mol. The maximum Gasteiger partial charge on any atom is 0.251 e. The summed E-state index contributed by atoms with van der Waals surface area (Å²) >= 11 is 0. The van der Waals surface area contributed by atoms with Crippen molar-refractivity contribution in [2.45, 2.75) is 26.8 Å². The Labute approximate surface area is 165 Å². The van der Waals surface area contributed by atoms with Crippen LogP contribution in [-0.4, -0.2) is 31.6 Å². The standard InChI is InChI=1S/C22H26N2O4/c1-14(2)21(16-7-8-18-19(12-16)28-10-9-27-18)24-20(25)13-23-22(26)17-6-4-5-15(3)11-17/h4-8,11-12,14,21H,9-10,13H2,1-3H3,(H,23,26)(H,24,25). The Hall–Kier alpha value is -3.02. The molecule has 2 amide bonds. The fourth-order valence-electron chi connectivity index (χ4n) is 3.16. The van der Waals surface area contributed by atoms with Crippen LogP contribution in [0.3, 0.4) is 0 Å². The zero-order valence-corrected chi connectivity index (χ0v) is 16.5. The van der Waals surface area contributed by atoms with Crippen molar-refractivity contribution in [1.29, 1.82) is 0 Å². The minimum Gasteiger partial charge on any atom is -0.486 e. The molecule has 0 spiro atoms. The smallest absolute Gasteiger partial charge is 0.251 e. The third kappa shape index (κ3) is 4.82. The van der Waals surface area contributed by atoms with E-state index in [0.29, 0.717) is 30.3 Å². The minimum absolute atomic E-state index is 0.0828. The SMILES string of the molecule is Cc1cccc(C(=O)NCC(=O)NC(c2ccc3c(c2)OCCO3)C(C)C)c1. The molecule has 0 aliphatic carbocycles. The monoisotopic (exact) mass is 382 g/mol. The Kier molecular flexibility index (Phi) is 6.19. The molecule has 1 heterocycles. The molecule has 0 radical (unpaired) electrons. The van der Waals surface area contributed by atoms with Gasteiger partial charge in [0.1, 0.15) is 13.2 Å². The predicted octanol–water partition coefficient (Wildman–Crippen LogP) is 3.01. The van der Waals surface area contributed by atoms with Crippen LogP contribution in [0.4, 0.5) is 0 Å². The highest BCUT2D eigenvalue weighted by molar-refractivity contribution is 5.96. The third-order valence-electron chi connectivity index (χ3n) is 4.60. The maximum atomic E-state index is 12.4. The molecule has 0 bridgehead atoms. The van der Waals surface area contributed by atoms with Crippen LogP contribution in [0.15, 0.2) is 42.5 Å². The number of aryl methyl sites for hydroxylation is 1. The summed E-state index contributed by atoms with van der Waals surface area (Å²) < 4.78 is 11.2. The molecule has 1 unspecified atom stereocenters. The van der Waals surface area contributed by atoms with Gasteiger partial charge in [-0.25, -0.2) is 0 Å². The van der Waals surface area contributed by atoms with Crippen molar-refractivity contribution in [3.8, 4) is 11.5 Å². The molecular formula is C22H26N2O4. The molecule has 1 aliphatic heterocycles. The van der Waals surface area contributed by atoms with Gasteiger partial charge in [-0.15, -0.1) is 0 Å². The van der Waals surface area contributed by atoms with E-state index in [4.69, 9.17) is 9.47 Å². The molecule has 1 atom stereocenters. The summed E-state index contributed by atoms with van der Waals surface area (Å²) in [6.07, 6.45) is 0. The molecular weight excluding hydrogens is 356 g/mol. The molecule has 0 saturated heterocycles. The van der Waals surface area contributed by atoms with E-state index in [1.165, 1.54) is 0 Å². The zero-order valence-electron chi connectivity index (χ0n) is 16.5. The Morgan fingerprint density at radius 3 is 2.50 bits per heavy atom. The number of carbonyl (C=O) groups is 2. The lowest BCUT2D eigenvalue weighted by Crippen LogP contribution is -2.40. The largest absolute Gasteiger partial charge is 0.486 e. The van der Waals surface area contributed by atoms with Crippen LogP contribution in [-0.2, 0) is 4.79 Å². The fourth-order valence-corrected chi connectivity index (χ4v) is 3.16. The highest BCUT2D eigenvalue weighted by Gasteiger charge is 2.21. The van der Waals surface area contributed by atoms with Gasteiger partial charge in [-0.1, -0.05) is 37.6 Å². The number of ether oxygens (including phenoxy) is 2. The lowest BCUT2D eigenvalue weighted by atomic mass is 9.95. The Morgan fingerprint density at radius 1 is 1.04 bits per heavy atom. The lowest BCUT2D eigenvalue weighted by molar-refractivity contribution is -0.121. The quantitative estimate of drug-likeness (QED) is 0.805. The Balaban J connectivity index is 1.62. The second kappa shape index (κ2) is 8.78. The summed E-state index contributed by atoms with van der Waals surface area (Å²) in [5, 5.41) is 5.68. The van der Waals surface area contributed by atoms with Gasteiger partial charge in [0.15, 0.2) is 11.5 Å². The van der Waals surface area contributed by atoms with Crippen molar-refractivity contribution in [1.82, 2.24) is 10.6 Å². The van der Waals surface area contributed by atoms with Gasteiger partial charge >= 0.3 is 0 Å². The molecule has 0 fully saturated rings. The molecule has 2 N–H and O–H groups in total. The molecule has 2 aromatic carbocycles. The number of rotatable bonds is 6. The van der Waals surface area contributed by atoms with Crippen LogP contribution in [0.1, 0.15) is 41.4 Å². The van der Waals surface area contributed by atoms with Crippen LogP contribution in [0.25, 0.3) is 0 Å². The lowest BCUT2D eigenvalue weighted by Gasteiger charge is -2.25. The van der Waals surface area contributed by atoms with E-state index < -0.39 is 0 Å². The first kappa shape index (κ1) is 19.7. The van der Waals surface area contributed by atoms with Crippen LogP contribution < -0.4 is 20.1 Å². The number of nitrogens with one attached hydrogen (secondary N) is 2. The number of carbonyl (C=O) groups excluding carboxylic acids is 2. The minimum atomic E-state index is -0.265. The molecule has 6 nitrogen and oxygen atoms in total. The summed E-state index contributed by atoms with van der Waals surface area (Å²) in [5.41, 5.74) is 2.48. The van der Waals surface area contributed by atoms with Gasteiger partial charge in [-0.05, 0) is 42.7 Å². The molecule has 0 aromatic heterocycles. The summed E-state index contributed by atoms with van der Waals surface area (Å²) in [7, 11) is 0. The summed E-state index contributed by atoms with van der Waals surface area (Å²) in [6.45, 7) is 6.96. The average molecular weight is 382 g/mol. The first-order valence-corrected chi connectivity index (χ1v) is 9.48. The second-order valence-electron chi connectivity index (χ2n) is 7.24. The second-order valence-corrected chi connectivity index (χ2v) is 7.24. The first-order chi connectivity index (χ1) is 13.4. The van der Waals surface area contributed by atoms with Crippen LogP contribution >= 0.6 is 0 Å².